The van der Waals surface area contributed by atoms with Gasteiger partial charge in [0.05, 0.1) is 19.4 Å². The maximum absolute atomic E-state index is 13.2. The number of carbonyl (C=O) groups excluding carboxylic acids is 2. The van der Waals surface area contributed by atoms with Gasteiger partial charge in [0.1, 0.15) is 0 Å². The number of rotatable bonds is 12. The Morgan fingerprint density at radius 2 is 1.41 bits per heavy atom. The Balaban J connectivity index is 4.50. The van der Waals surface area contributed by atoms with Gasteiger partial charge in [-0.05, 0) is 12.3 Å². The van der Waals surface area contributed by atoms with Crippen molar-refractivity contribution in [3.8, 4) is 0 Å². The van der Waals surface area contributed by atoms with Crippen LogP contribution in [0.1, 0.15) is 39.5 Å². The summed E-state index contributed by atoms with van der Waals surface area (Å²) in [5.41, 5.74) is 0. The first-order chi connectivity index (χ1) is 12.2. The summed E-state index contributed by atoms with van der Waals surface area (Å²) in [4.78, 5) is 22.5. The van der Waals surface area contributed by atoms with Crippen LogP contribution in [0.3, 0.4) is 0 Å². The van der Waals surface area contributed by atoms with Crippen molar-refractivity contribution in [2.75, 3.05) is 13.2 Å². The quantitative estimate of drug-likeness (QED) is 0.348. The molecule has 0 spiro atoms. The minimum atomic E-state index is -6.46. The Bertz CT molecular complexity index is 496. The van der Waals surface area contributed by atoms with Gasteiger partial charge in [-0.1, -0.05) is 20.3 Å². The molecule has 0 amide bonds. The molecule has 0 bridgehead atoms. The number of alkyl halides is 8. The maximum Gasteiger partial charge on any atom is 0.381 e. The lowest BCUT2D eigenvalue weighted by molar-refractivity contribution is -0.344. The van der Waals surface area contributed by atoms with Crippen LogP contribution in [0.25, 0.3) is 0 Å². The van der Waals surface area contributed by atoms with Crippen molar-refractivity contribution < 1.29 is 54.2 Å². The molecule has 0 saturated carbocycles. The van der Waals surface area contributed by atoms with Gasteiger partial charge in [0.25, 0.3) is 0 Å². The van der Waals surface area contributed by atoms with Gasteiger partial charge in [0.15, 0.2) is 6.61 Å². The second-order valence-corrected chi connectivity index (χ2v) is 5.94. The average Bonchev–Trinajstić information content (AvgIpc) is 2.56. The van der Waals surface area contributed by atoms with Crippen molar-refractivity contribution in [3.63, 3.8) is 0 Å². The largest absolute Gasteiger partial charge is 0.465 e. The Kier molecular flexibility index (Phi) is 9.47. The van der Waals surface area contributed by atoms with E-state index in [4.69, 9.17) is 4.74 Å². The molecule has 0 fully saturated rings. The fourth-order valence-electron chi connectivity index (χ4n) is 1.80. The molecule has 0 aliphatic rings. The van der Waals surface area contributed by atoms with Crippen LogP contribution in [0.2, 0.25) is 0 Å². The standard InChI is InChI=1S/C15H20F8O4/c1-3-4-9(2)7-26-10(24)5-6-11(25)27-8-13(18,19)15(22,23)14(20,21)12(16)17/h9,12H,3-8H2,1-2H3. The summed E-state index contributed by atoms with van der Waals surface area (Å²) in [6.45, 7) is 1.20. The predicted molar refractivity (Wildman–Crippen MR) is 76.1 cm³/mol. The van der Waals surface area contributed by atoms with Crippen LogP contribution in [0.5, 0.6) is 0 Å². The van der Waals surface area contributed by atoms with Crippen LogP contribution < -0.4 is 0 Å². The van der Waals surface area contributed by atoms with E-state index in [1.807, 2.05) is 6.92 Å². The Morgan fingerprint density at radius 1 is 0.926 bits per heavy atom. The molecule has 0 heterocycles. The van der Waals surface area contributed by atoms with E-state index in [-0.39, 0.29) is 12.5 Å². The average molecular weight is 416 g/mol. The third-order valence-electron chi connectivity index (χ3n) is 3.41. The van der Waals surface area contributed by atoms with Gasteiger partial charge in [0, 0.05) is 0 Å². The highest BCUT2D eigenvalue weighted by Gasteiger charge is 2.75. The van der Waals surface area contributed by atoms with E-state index in [0.29, 0.717) is 0 Å². The van der Waals surface area contributed by atoms with E-state index in [9.17, 15) is 44.7 Å². The summed E-state index contributed by atoms with van der Waals surface area (Å²) in [5, 5.41) is 0. The van der Waals surface area contributed by atoms with Crippen LogP contribution in [-0.4, -0.2) is 49.3 Å². The lowest BCUT2D eigenvalue weighted by atomic mass is 10.1. The fourth-order valence-corrected chi connectivity index (χ4v) is 1.80. The second kappa shape index (κ2) is 10.1. The molecule has 1 unspecified atom stereocenters. The second-order valence-electron chi connectivity index (χ2n) is 5.94. The zero-order valence-electron chi connectivity index (χ0n) is 14.6. The van der Waals surface area contributed by atoms with Crippen LogP contribution in [0.15, 0.2) is 0 Å². The molecular formula is C15H20F8O4. The molecule has 0 N–H and O–H groups in total. The van der Waals surface area contributed by atoms with Gasteiger partial charge in [0.2, 0.25) is 0 Å². The molecule has 0 saturated heterocycles. The van der Waals surface area contributed by atoms with E-state index in [0.717, 1.165) is 12.8 Å². The third-order valence-corrected chi connectivity index (χ3v) is 3.41. The van der Waals surface area contributed by atoms with Crippen LogP contribution in [0, 0.1) is 5.92 Å². The Morgan fingerprint density at radius 3 is 1.85 bits per heavy atom. The molecule has 160 valence electrons. The molecule has 0 aliphatic carbocycles. The summed E-state index contributed by atoms with van der Waals surface area (Å²) in [5.74, 6) is -21.0. The Labute approximate surface area is 150 Å². The summed E-state index contributed by atoms with van der Waals surface area (Å²) >= 11 is 0. The Hall–Kier alpha value is -1.62. The van der Waals surface area contributed by atoms with Crippen LogP contribution in [-0.2, 0) is 19.1 Å². The summed E-state index contributed by atoms with van der Waals surface area (Å²) in [6.07, 6.45) is -4.91. The SMILES string of the molecule is CCCC(C)COC(=O)CCC(=O)OCC(F)(F)C(F)(F)C(F)(F)C(F)F. The number of hydrogen-bond donors (Lipinski definition) is 0. The van der Waals surface area contributed by atoms with Gasteiger partial charge < -0.3 is 9.47 Å². The molecule has 12 heteroatoms. The smallest absolute Gasteiger partial charge is 0.381 e. The number of esters is 2. The molecule has 4 nitrogen and oxygen atoms in total. The first-order valence-corrected chi connectivity index (χ1v) is 7.91. The highest BCUT2D eigenvalue weighted by molar-refractivity contribution is 5.77. The van der Waals surface area contributed by atoms with Crippen molar-refractivity contribution >= 4 is 11.9 Å². The molecule has 0 rings (SSSR count). The number of carbonyl (C=O) groups is 2. The fraction of sp³-hybridized carbons (Fsp3) is 0.867. The third kappa shape index (κ3) is 7.13. The molecular weight excluding hydrogens is 396 g/mol. The molecule has 27 heavy (non-hydrogen) atoms. The van der Waals surface area contributed by atoms with Crippen molar-refractivity contribution in [3.05, 3.63) is 0 Å². The predicted octanol–water partition coefficient (Wildman–Crippen LogP) is 4.46. The number of hydrogen-bond acceptors (Lipinski definition) is 4. The van der Waals surface area contributed by atoms with Crippen LogP contribution >= 0.6 is 0 Å². The van der Waals surface area contributed by atoms with E-state index in [2.05, 4.69) is 4.74 Å². The lowest BCUT2D eigenvalue weighted by Gasteiger charge is -2.31. The summed E-state index contributed by atoms with van der Waals surface area (Å²) in [6, 6.07) is 0. The highest BCUT2D eigenvalue weighted by atomic mass is 19.4. The van der Waals surface area contributed by atoms with Gasteiger partial charge in [-0.25, -0.2) is 8.78 Å². The molecule has 1 atom stereocenters. The summed E-state index contributed by atoms with van der Waals surface area (Å²) in [7, 11) is 0. The molecule has 0 aromatic rings. The van der Waals surface area contributed by atoms with Crippen molar-refractivity contribution in [2.24, 2.45) is 5.92 Å². The van der Waals surface area contributed by atoms with E-state index < -0.39 is 55.6 Å². The molecule has 0 aromatic heterocycles. The topological polar surface area (TPSA) is 52.6 Å². The van der Waals surface area contributed by atoms with E-state index in [1.165, 1.54) is 0 Å². The zero-order chi connectivity index (χ0) is 21.5. The monoisotopic (exact) mass is 416 g/mol. The number of ether oxygens (including phenoxy) is 2. The summed E-state index contributed by atoms with van der Waals surface area (Å²) < 4.78 is 110. The first-order valence-electron chi connectivity index (χ1n) is 7.91. The molecule has 0 aromatic carbocycles. The zero-order valence-corrected chi connectivity index (χ0v) is 14.6. The first kappa shape index (κ1) is 25.4. The van der Waals surface area contributed by atoms with E-state index in [1.54, 1.807) is 6.92 Å². The minimum Gasteiger partial charge on any atom is -0.465 e. The lowest BCUT2D eigenvalue weighted by Crippen LogP contribution is -2.59. The molecule has 0 radical (unpaired) electrons. The van der Waals surface area contributed by atoms with Gasteiger partial charge >= 0.3 is 36.1 Å². The number of halogens is 8. The normalized spacial score (nSPS) is 14.2. The minimum absolute atomic E-state index is 0.0447. The highest BCUT2D eigenvalue weighted by Crippen LogP contribution is 2.48. The molecule has 0 aliphatic heterocycles. The maximum atomic E-state index is 13.2. The van der Waals surface area contributed by atoms with Gasteiger partial charge in [-0.2, -0.15) is 26.3 Å². The van der Waals surface area contributed by atoms with E-state index >= 15 is 0 Å². The van der Waals surface area contributed by atoms with Gasteiger partial charge in [-0.15, -0.1) is 0 Å². The van der Waals surface area contributed by atoms with Crippen molar-refractivity contribution in [1.82, 2.24) is 0 Å². The van der Waals surface area contributed by atoms with Crippen molar-refractivity contribution in [1.29, 1.82) is 0 Å². The van der Waals surface area contributed by atoms with Crippen LogP contribution in [0.4, 0.5) is 35.1 Å². The van der Waals surface area contributed by atoms with Crippen molar-refractivity contribution in [2.45, 2.75) is 63.7 Å². The van der Waals surface area contributed by atoms with Gasteiger partial charge in [-0.3, -0.25) is 9.59 Å².